The second-order valence-electron chi connectivity index (χ2n) is 5.93. The molecule has 1 aromatic heterocycles. The highest BCUT2D eigenvalue weighted by molar-refractivity contribution is 9.10. The summed E-state index contributed by atoms with van der Waals surface area (Å²) in [7, 11) is 0. The van der Waals surface area contributed by atoms with Gasteiger partial charge < -0.3 is 10.6 Å². The molecule has 1 unspecified atom stereocenters. The fourth-order valence-electron chi connectivity index (χ4n) is 2.85. The van der Waals surface area contributed by atoms with Crippen molar-refractivity contribution in [1.82, 2.24) is 20.4 Å². The summed E-state index contributed by atoms with van der Waals surface area (Å²) in [5, 5.41) is 10.7. The molecule has 0 saturated carbocycles. The summed E-state index contributed by atoms with van der Waals surface area (Å²) in [6.07, 6.45) is 4.15. The largest absolute Gasteiger partial charge is 0.347 e. The average molecular weight is 414 g/mol. The van der Waals surface area contributed by atoms with Crippen LogP contribution in [0.15, 0.2) is 34.9 Å². The molecule has 2 N–H and O–H groups in total. The molecule has 24 heavy (non-hydrogen) atoms. The molecular formula is C17H22BrClN4O. The Balaban J connectivity index is 0.00000208. The lowest BCUT2D eigenvalue weighted by molar-refractivity contribution is 0.0944. The molecule has 1 aliphatic rings. The maximum Gasteiger partial charge on any atom is 0.272 e. The van der Waals surface area contributed by atoms with Gasteiger partial charge in [-0.05, 0) is 55.6 Å². The van der Waals surface area contributed by atoms with Crippen molar-refractivity contribution >= 4 is 34.2 Å². The topological polar surface area (TPSA) is 59.0 Å². The van der Waals surface area contributed by atoms with E-state index in [0.717, 1.165) is 41.5 Å². The normalized spacial score (nSPS) is 17.2. The number of rotatable bonds is 4. The van der Waals surface area contributed by atoms with E-state index >= 15 is 0 Å². The lowest BCUT2D eigenvalue weighted by Gasteiger charge is -2.22. The molecule has 1 aromatic carbocycles. The molecule has 3 rings (SSSR count). The molecule has 2 heterocycles. The van der Waals surface area contributed by atoms with Gasteiger partial charge in [0.1, 0.15) is 5.69 Å². The van der Waals surface area contributed by atoms with E-state index in [2.05, 4.69) is 31.7 Å². The summed E-state index contributed by atoms with van der Waals surface area (Å²) in [5.41, 5.74) is 2.74. The van der Waals surface area contributed by atoms with E-state index in [1.54, 1.807) is 6.07 Å². The molecular weight excluding hydrogens is 392 g/mol. The third kappa shape index (κ3) is 4.59. The van der Waals surface area contributed by atoms with Gasteiger partial charge in [-0.15, -0.1) is 12.4 Å². The van der Waals surface area contributed by atoms with E-state index in [1.807, 2.05) is 36.0 Å². The summed E-state index contributed by atoms with van der Waals surface area (Å²) < 4.78 is 2.95. The molecule has 0 bridgehead atoms. The van der Waals surface area contributed by atoms with Crippen LogP contribution in [0.5, 0.6) is 0 Å². The van der Waals surface area contributed by atoms with E-state index in [-0.39, 0.29) is 18.3 Å². The van der Waals surface area contributed by atoms with Gasteiger partial charge in [0.25, 0.3) is 5.91 Å². The van der Waals surface area contributed by atoms with Gasteiger partial charge in [-0.1, -0.05) is 22.0 Å². The zero-order valence-electron chi connectivity index (χ0n) is 13.6. The van der Waals surface area contributed by atoms with Crippen LogP contribution in [0, 0.1) is 6.92 Å². The lowest BCUT2D eigenvalue weighted by atomic mass is 10.1. The predicted octanol–water partition coefficient (Wildman–Crippen LogP) is 3.23. The Bertz CT molecular complexity index is 698. The summed E-state index contributed by atoms with van der Waals surface area (Å²) in [4.78, 5) is 12.3. The quantitative estimate of drug-likeness (QED) is 0.809. The first kappa shape index (κ1) is 19.0. The van der Waals surface area contributed by atoms with E-state index in [4.69, 9.17) is 0 Å². The van der Waals surface area contributed by atoms with Crippen molar-refractivity contribution in [3.05, 3.63) is 51.8 Å². The van der Waals surface area contributed by atoms with Crippen LogP contribution >= 0.6 is 28.3 Å². The summed E-state index contributed by atoms with van der Waals surface area (Å²) in [6.45, 7) is 4.53. The Hall–Kier alpha value is -1.37. The smallest absolute Gasteiger partial charge is 0.272 e. The molecule has 7 heteroatoms. The number of carbonyl (C=O) groups is 1. The number of amides is 1. The maximum absolute atomic E-state index is 12.3. The number of piperidine rings is 1. The van der Waals surface area contributed by atoms with E-state index in [9.17, 15) is 4.79 Å². The SMILES string of the molecule is Cc1cc(Br)ccc1CNC(=O)c1ccn(C2CCCNC2)n1.Cl. The zero-order chi connectivity index (χ0) is 16.2. The van der Waals surface area contributed by atoms with Crippen LogP contribution < -0.4 is 10.6 Å². The number of carbonyl (C=O) groups excluding carboxylic acids is 1. The van der Waals surface area contributed by atoms with Gasteiger partial charge in [0.2, 0.25) is 0 Å². The van der Waals surface area contributed by atoms with Gasteiger partial charge in [0, 0.05) is 23.8 Å². The first-order chi connectivity index (χ1) is 11.1. The molecule has 1 amide bonds. The van der Waals surface area contributed by atoms with Crippen LogP contribution in [0.4, 0.5) is 0 Å². The molecule has 2 aromatic rings. The van der Waals surface area contributed by atoms with Crippen molar-refractivity contribution in [2.24, 2.45) is 0 Å². The number of nitrogens with zero attached hydrogens (tertiary/aromatic N) is 2. The minimum atomic E-state index is -0.130. The van der Waals surface area contributed by atoms with Gasteiger partial charge >= 0.3 is 0 Å². The van der Waals surface area contributed by atoms with Gasteiger partial charge in [-0.3, -0.25) is 9.48 Å². The van der Waals surface area contributed by atoms with Crippen LogP contribution in [0.25, 0.3) is 0 Å². The Labute approximate surface area is 156 Å². The fraction of sp³-hybridized carbons (Fsp3) is 0.412. The molecule has 130 valence electrons. The minimum Gasteiger partial charge on any atom is -0.347 e. The molecule has 5 nitrogen and oxygen atoms in total. The average Bonchev–Trinajstić information content (AvgIpc) is 3.05. The van der Waals surface area contributed by atoms with E-state index in [0.29, 0.717) is 18.3 Å². The van der Waals surface area contributed by atoms with Crippen molar-refractivity contribution in [1.29, 1.82) is 0 Å². The van der Waals surface area contributed by atoms with Crippen LogP contribution in [-0.2, 0) is 6.54 Å². The van der Waals surface area contributed by atoms with E-state index < -0.39 is 0 Å². The number of aromatic nitrogens is 2. The third-order valence-electron chi connectivity index (χ3n) is 4.23. The van der Waals surface area contributed by atoms with Crippen molar-refractivity contribution in [3.8, 4) is 0 Å². The minimum absolute atomic E-state index is 0. The Kier molecular flexibility index (Phi) is 6.83. The third-order valence-corrected chi connectivity index (χ3v) is 4.72. The highest BCUT2D eigenvalue weighted by atomic mass is 79.9. The Morgan fingerprint density at radius 1 is 1.46 bits per heavy atom. The van der Waals surface area contributed by atoms with Gasteiger partial charge in [0.05, 0.1) is 6.04 Å². The molecule has 0 aliphatic carbocycles. The number of halogens is 2. The van der Waals surface area contributed by atoms with Crippen molar-refractivity contribution < 1.29 is 4.79 Å². The molecule has 1 atom stereocenters. The first-order valence-electron chi connectivity index (χ1n) is 7.92. The zero-order valence-corrected chi connectivity index (χ0v) is 16.0. The van der Waals surface area contributed by atoms with Crippen LogP contribution in [0.1, 0.15) is 40.5 Å². The van der Waals surface area contributed by atoms with E-state index in [1.165, 1.54) is 0 Å². The van der Waals surface area contributed by atoms with Gasteiger partial charge in [-0.25, -0.2) is 0 Å². The lowest BCUT2D eigenvalue weighted by Crippen LogP contribution is -2.32. The number of nitrogens with one attached hydrogen (secondary N) is 2. The number of aryl methyl sites for hydroxylation is 1. The number of hydrogen-bond donors (Lipinski definition) is 2. The summed E-state index contributed by atoms with van der Waals surface area (Å²) in [6, 6.07) is 8.19. The Morgan fingerprint density at radius 2 is 2.29 bits per heavy atom. The first-order valence-corrected chi connectivity index (χ1v) is 8.72. The molecule has 1 fully saturated rings. The second kappa shape index (κ2) is 8.65. The fourth-order valence-corrected chi connectivity index (χ4v) is 3.32. The van der Waals surface area contributed by atoms with Crippen molar-refractivity contribution in [3.63, 3.8) is 0 Å². The molecule has 1 saturated heterocycles. The predicted molar refractivity (Wildman–Crippen MR) is 101 cm³/mol. The molecule has 0 spiro atoms. The molecule has 0 radical (unpaired) electrons. The second-order valence-corrected chi connectivity index (χ2v) is 6.85. The van der Waals surface area contributed by atoms with Gasteiger partial charge in [0.15, 0.2) is 0 Å². The number of hydrogen-bond acceptors (Lipinski definition) is 3. The van der Waals surface area contributed by atoms with Crippen LogP contribution in [0.3, 0.4) is 0 Å². The summed E-state index contributed by atoms with van der Waals surface area (Å²) in [5.74, 6) is -0.130. The van der Waals surface area contributed by atoms with Crippen LogP contribution in [0.2, 0.25) is 0 Å². The van der Waals surface area contributed by atoms with Crippen molar-refractivity contribution in [2.45, 2.75) is 32.4 Å². The Morgan fingerprint density at radius 3 is 3.00 bits per heavy atom. The number of benzene rings is 1. The molecule has 1 aliphatic heterocycles. The summed E-state index contributed by atoms with van der Waals surface area (Å²) >= 11 is 3.45. The monoisotopic (exact) mass is 412 g/mol. The highest BCUT2D eigenvalue weighted by Crippen LogP contribution is 2.17. The van der Waals surface area contributed by atoms with Gasteiger partial charge in [-0.2, -0.15) is 5.10 Å². The van der Waals surface area contributed by atoms with Crippen LogP contribution in [-0.4, -0.2) is 28.8 Å². The van der Waals surface area contributed by atoms with Crippen molar-refractivity contribution in [2.75, 3.05) is 13.1 Å². The standard InChI is InChI=1S/C17H21BrN4O.ClH/c1-12-9-14(18)5-4-13(12)10-20-17(23)16-6-8-22(21-16)15-3-2-7-19-11-15;/h4-6,8-9,15,19H,2-3,7,10-11H2,1H3,(H,20,23);1H. The highest BCUT2D eigenvalue weighted by Gasteiger charge is 2.17. The maximum atomic E-state index is 12.3.